The molecule has 0 saturated heterocycles. The zero-order valence-corrected chi connectivity index (χ0v) is 8.40. The highest BCUT2D eigenvalue weighted by Crippen LogP contribution is 2.52. The van der Waals surface area contributed by atoms with E-state index in [2.05, 4.69) is 19.3 Å². The van der Waals surface area contributed by atoms with Gasteiger partial charge in [0.05, 0.1) is 0 Å². The molecule has 1 nitrogen and oxygen atoms in total. The van der Waals surface area contributed by atoms with Crippen LogP contribution in [-0.2, 0) is 0 Å². The van der Waals surface area contributed by atoms with E-state index in [1.807, 2.05) is 0 Å². The molecule has 1 heteroatoms. The van der Waals surface area contributed by atoms with Gasteiger partial charge in [-0.15, -0.1) is 0 Å². The molecule has 70 valence electrons. The Balaban J connectivity index is 1.97. The van der Waals surface area contributed by atoms with Gasteiger partial charge in [0.1, 0.15) is 0 Å². The molecular weight excluding hydrogens is 146 g/mol. The fourth-order valence-corrected chi connectivity index (χ4v) is 3.36. The fourth-order valence-electron chi connectivity index (χ4n) is 3.36. The van der Waals surface area contributed by atoms with Gasteiger partial charge in [0.15, 0.2) is 0 Å². The van der Waals surface area contributed by atoms with Crippen LogP contribution in [0, 0.1) is 11.3 Å². The Morgan fingerprint density at radius 3 is 2.42 bits per heavy atom. The Kier molecular flexibility index (Phi) is 2.16. The quantitative estimate of drug-likeness (QED) is 0.633. The van der Waals surface area contributed by atoms with Crippen molar-refractivity contribution in [3.05, 3.63) is 0 Å². The van der Waals surface area contributed by atoms with Gasteiger partial charge in [-0.2, -0.15) is 0 Å². The third-order valence-electron chi connectivity index (χ3n) is 4.06. The second kappa shape index (κ2) is 3.02. The summed E-state index contributed by atoms with van der Waals surface area (Å²) in [5, 5.41) is 3.43. The lowest BCUT2D eigenvalue weighted by Crippen LogP contribution is -2.23. The van der Waals surface area contributed by atoms with Crippen LogP contribution in [0.5, 0.6) is 0 Å². The molecule has 0 bridgehead atoms. The lowest BCUT2D eigenvalue weighted by Gasteiger charge is -2.23. The van der Waals surface area contributed by atoms with Gasteiger partial charge >= 0.3 is 0 Å². The molecular formula is C11H21N. The van der Waals surface area contributed by atoms with E-state index in [0.717, 1.165) is 17.4 Å². The number of hydrogen-bond acceptors (Lipinski definition) is 1. The molecule has 0 aromatic heterocycles. The maximum atomic E-state index is 3.43. The van der Waals surface area contributed by atoms with Gasteiger partial charge in [0.25, 0.3) is 0 Å². The molecule has 0 amide bonds. The highest BCUT2D eigenvalue weighted by atomic mass is 14.9. The SMILES string of the molecule is CNC1CCC2(CCC(C)C2)C1. The summed E-state index contributed by atoms with van der Waals surface area (Å²) in [6.45, 7) is 2.42. The summed E-state index contributed by atoms with van der Waals surface area (Å²) >= 11 is 0. The molecule has 2 aliphatic rings. The minimum absolute atomic E-state index is 0.771. The summed E-state index contributed by atoms with van der Waals surface area (Å²) < 4.78 is 0. The molecule has 2 aliphatic carbocycles. The van der Waals surface area contributed by atoms with Crippen molar-refractivity contribution in [2.24, 2.45) is 11.3 Å². The summed E-state index contributed by atoms with van der Waals surface area (Å²) in [6.07, 6.45) is 8.86. The zero-order valence-electron chi connectivity index (χ0n) is 8.40. The van der Waals surface area contributed by atoms with Gasteiger partial charge in [0, 0.05) is 6.04 Å². The summed E-state index contributed by atoms with van der Waals surface area (Å²) in [5.41, 5.74) is 0.771. The van der Waals surface area contributed by atoms with Crippen LogP contribution in [0.4, 0.5) is 0 Å². The van der Waals surface area contributed by atoms with E-state index in [1.165, 1.54) is 38.5 Å². The highest BCUT2D eigenvalue weighted by molar-refractivity contribution is 4.96. The van der Waals surface area contributed by atoms with Crippen molar-refractivity contribution < 1.29 is 0 Å². The third-order valence-corrected chi connectivity index (χ3v) is 4.06. The molecule has 12 heavy (non-hydrogen) atoms. The van der Waals surface area contributed by atoms with E-state index >= 15 is 0 Å². The van der Waals surface area contributed by atoms with Crippen LogP contribution in [0.25, 0.3) is 0 Å². The predicted octanol–water partition coefficient (Wildman–Crippen LogP) is 2.56. The average Bonchev–Trinajstić information content (AvgIpc) is 2.61. The van der Waals surface area contributed by atoms with E-state index in [0.29, 0.717) is 0 Å². The lowest BCUT2D eigenvalue weighted by atomic mass is 9.83. The van der Waals surface area contributed by atoms with Crippen LogP contribution in [0.1, 0.15) is 45.4 Å². The van der Waals surface area contributed by atoms with E-state index in [9.17, 15) is 0 Å². The molecule has 2 rings (SSSR count). The van der Waals surface area contributed by atoms with Crippen molar-refractivity contribution in [1.29, 1.82) is 0 Å². The van der Waals surface area contributed by atoms with Crippen LogP contribution in [0.15, 0.2) is 0 Å². The molecule has 1 N–H and O–H groups in total. The van der Waals surface area contributed by atoms with Crippen molar-refractivity contribution in [3.8, 4) is 0 Å². The van der Waals surface area contributed by atoms with Crippen LogP contribution in [-0.4, -0.2) is 13.1 Å². The molecule has 0 aromatic rings. The third kappa shape index (κ3) is 1.39. The summed E-state index contributed by atoms with van der Waals surface area (Å²) in [5.74, 6) is 1.00. The maximum absolute atomic E-state index is 3.43. The van der Waals surface area contributed by atoms with Crippen molar-refractivity contribution in [3.63, 3.8) is 0 Å². The molecule has 2 saturated carbocycles. The normalized spacial score (nSPS) is 47.5. The van der Waals surface area contributed by atoms with Crippen LogP contribution in [0.2, 0.25) is 0 Å². The second-order valence-corrected chi connectivity index (χ2v) is 5.08. The first-order valence-corrected chi connectivity index (χ1v) is 5.41. The second-order valence-electron chi connectivity index (χ2n) is 5.08. The average molecular weight is 167 g/mol. The van der Waals surface area contributed by atoms with Gasteiger partial charge in [-0.1, -0.05) is 13.3 Å². The van der Waals surface area contributed by atoms with Gasteiger partial charge in [-0.05, 0) is 50.5 Å². The Labute approximate surface area is 75.9 Å². The predicted molar refractivity (Wildman–Crippen MR) is 52.1 cm³/mol. The molecule has 3 unspecified atom stereocenters. The lowest BCUT2D eigenvalue weighted by molar-refractivity contribution is 0.289. The van der Waals surface area contributed by atoms with Crippen LogP contribution >= 0.6 is 0 Å². The first-order chi connectivity index (χ1) is 5.74. The van der Waals surface area contributed by atoms with Crippen LogP contribution in [0.3, 0.4) is 0 Å². The minimum atomic E-state index is 0.771. The van der Waals surface area contributed by atoms with E-state index < -0.39 is 0 Å². The highest BCUT2D eigenvalue weighted by Gasteiger charge is 2.42. The molecule has 3 atom stereocenters. The van der Waals surface area contributed by atoms with Crippen molar-refractivity contribution in [1.82, 2.24) is 5.32 Å². The Hall–Kier alpha value is -0.0400. The molecule has 0 aliphatic heterocycles. The number of rotatable bonds is 1. The van der Waals surface area contributed by atoms with Crippen molar-refractivity contribution in [2.45, 2.75) is 51.5 Å². The Morgan fingerprint density at radius 1 is 1.17 bits per heavy atom. The van der Waals surface area contributed by atoms with E-state index in [4.69, 9.17) is 0 Å². The first kappa shape index (κ1) is 8.55. The van der Waals surface area contributed by atoms with E-state index in [1.54, 1.807) is 0 Å². The molecule has 2 fully saturated rings. The van der Waals surface area contributed by atoms with Crippen molar-refractivity contribution in [2.75, 3.05) is 7.05 Å². The largest absolute Gasteiger partial charge is 0.317 e. The molecule has 0 radical (unpaired) electrons. The number of nitrogens with one attached hydrogen (secondary N) is 1. The van der Waals surface area contributed by atoms with Gasteiger partial charge in [-0.3, -0.25) is 0 Å². The summed E-state index contributed by atoms with van der Waals surface area (Å²) in [7, 11) is 2.11. The summed E-state index contributed by atoms with van der Waals surface area (Å²) in [4.78, 5) is 0. The first-order valence-electron chi connectivity index (χ1n) is 5.41. The maximum Gasteiger partial charge on any atom is 0.00695 e. The molecule has 1 spiro atoms. The molecule has 0 aromatic carbocycles. The Morgan fingerprint density at radius 2 is 1.92 bits per heavy atom. The van der Waals surface area contributed by atoms with Gasteiger partial charge < -0.3 is 5.32 Å². The van der Waals surface area contributed by atoms with E-state index in [-0.39, 0.29) is 0 Å². The fraction of sp³-hybridized carbons (Fsp3) is 1.00. The van der Waals surface area contributed by atoms with Gasteiger partial charge in [-0.25, -0.2) is 0 Å². The standard InChI is InChI=1S/C11H21N/c1-9-3-5-11(7-9)6-4-10(8-11)12-2/h9-10,12H,3-8H2,1-2H3. The summed E-state index contributed by atoms with van der Waals surface area (Å²) in [6, 6.07) is 0.829. The topological polar surface area (TPSA) is 12.0 Å². The van der Waals surface area contributed by atoms with Crippen LogP contribution < -0.4 is 5.32 Å². The minimum Gasteiger partial charge on any atom is -0.317 e. The zero-order chi connectivity index (χ0) is 8.60. The number of hydrogen-bond donors (Lipinski definition) is 1. The monoisotopic (exact) mass is 167 g/mol. The smallest absolute Gasteiger partial charge is 0.00695 e. The molecule has 0 heterocycles. The Bertz CT molecular complexity index is 166. The van der Waals surface area contributed by atoms with Gasteiger partial charge in [0.2, 0.25) is 0 Å². The van der Waals surface area contributed by atoms with Crippen molar-refractivity contribution >= 4 is 0 Å².